The molecule has 0 spiro atoms. The molecule has 1 aromatic heterocycles. The molecule has 0 saturated carbocycles. The number of hydrogen-bond acceptors (Lipinski definition) is 2. The summed E-state index contributed by atoms with van der Waals surface area (Å²) in [4.78, 5) is 0. The van der Waals surface area contributed by atoms with Gasteiger partial charge < -0.3 is 5.11 Å². The minimum Gasteiger partial charge on any atom is -0.391 e. The fourth-order valence-corrected chi connectivity index (χ4v) is 1.82. The smallest absolute Gasteiger partial charge is 0.138 e. The summed E-state index contributed by atoms with van der Waals surface area (Å²) in [6.45, 7) is 1.56. The second-order valence-corrected chi connectivity index (χ2v) is 3.76. The molecule has 0 unspecified atom stereocenters. The van der Waals surface area contributed by atoms with Gasteiger partial charge >= 0.3 is 0 Å². The molecule has 0 aliphatic rings. The average molecular weight is 241 g/mol. The quantitative estimate of drug-likeness (QED) is 0.876. The number of aliphatic hydroxyl groups excluding tert-OH is 1. The van der Waals surface area contributed by atoms with E-state index in [-0.39, 0.29) is 12.4 Å². The standard InChI is InChI=1S/C11H10ClFN2O/c1-7-10(6-16)11(12)15(14-7)9-4-2-3-8(13)5-9/h2-5,16H,6H2,1H3. The second-order valence-electron chi connectivity index (χ2n) is 3.40. The molecule has 1 heterocycles. The Bertz CT molecular complexity index is 525. The van der Waals surface area contributed by atoms with E-state index in [4.69, 9.17) is 16.7 Å². The summed E-state index contributed by atoms with van der Waals surface area (Å²) < 4.78 is 14.4. The minimum absolute atomic E-state index is 0.181. The lowest BCUT2D eigenvalue weighted by atomic mass is 10.3. The first-order valence-corrected chi connectivity index (χ1v) is 5.12. The van der Waals surface area contributed by atoms with Crippen LogP contribution in [0.25, 0.3) is 5.69 Å². The van der Waals surface area contributed by atoms with Crippen molar-refractivity contribution in [1.29, 1.82) is 0 Å². The molecule has 0 fully saturated rings. The Morgan fingerprint density at radius 3 is 2.81 bits per heavy atom. The van der Waals surface area contributed by atoms with Crippen LogP contribution in [0.4, 0.5) is 4.39 Å². The molecule has 2 aromatic rings. The molecule has 3 nitrogen and oxygen atoms in total. The predicted molar refractivity (Wildman–Crippen MR) is 59.2 cm³/mol. The summed E-state index contributed by atoms with van der Waals surface area (Å²) in [6.07, 6.45) is 0. The summed E-state index contributed by atoms with van der Waals surface area (Å²) in [5.74, 6) is -0.354. The maximum Gasteiger partial charge on any atom is 0.138 e. The molecule has 84 valence electrons. The predicted octanol–water partition coefficient (Wildman–Crippen LogP) is 2.47. The Morgan fingerprint density at radius 2 is 2.25 bits per heavy atom. The van der Waals surface area contributed by atoms with Gasteiger partial charge in [0.1, 0.15) is 11.0 Å². The van der Waals surface area contributed by atoms with Crippen LogP contribution in [0, 0.1) is 12.7 Å². The zero-order chi connectivity index (χ0) is 11.7. The number of hydrogen-bond donors (Lipinski definition) is 1. The van der Waals surface area contributed by atoms with Crippen molar-refractivity contribution < 1.29 is 9.50 Å². The molecule has 1 aromatic carbocycles. The lowest BCUT2D eigenvalue weighted by molar-refractivity contribution is 0.281. The molecule has 2 rings (SSSR count). The SMILES string of the molecule is Cc1nn(-c2cccc(F)c2)c(Cl)c1CO. The summed E-state index contributed by atoms with van der Waals surface area (Å²) in [5, 5.41) is 13.6. The highest BCUT2D eigenvalue weighted by molar-refractivity contribution is 6.30. The van der Waals surface area contributed by atoms with E-state index >= 15 is 0 Å². The van der Waals surface area contributed by atoms with Gasteiger partial charge in [-0.1, -0.05) is 17.7 Å². The third kappa shape index (κ3) is 1.81. The van der Waals surface area contributed by atoms with Gasteiger partial charge in [0.05, 0.1) is 18.0 Å². The van der Waals surface area contributed by atoms with E-state index in [1.165, 1.54) is 16.8 Å². The molecule has 16 heavy (non-hydrogen) atoms. The topological polar surface area (TPSA) is 38.0 Å². The first kappa shape index (κ1) is 11.1. The van der Waals surface area contributed by atoms with E-state index in [1.807, 2.05) is 0 Å². The fraction of sp³-hybridized carbons (Fsp3) is 0.182. The molecule has 5 heteroatoms. The zero-order valence-electron chi connectivity index (χ0n) is 8.61. The fourth-order valence-electron chi connectivity index (χ4n) is 1.49. The van der Waals surface area contributed by atoms with E-state index in [2.05, 4.69) is 5.10 Å². The number of benzene rings is 1. The number of nitrogens with zero attached hydrogens (tertiary/aromatic N) is 2. The highest BCUT2D eigenvalue weighted by Crippen LogP contribution is 2.23. The molecule has 0 saturated heterocycles. The summed E-state index contributed by atoms with van der Waals surface area (Å²) in [6, 6.07) is 5.96. The number of aromatic nitrogens is 2. The number of aryl methyl sites for hydroxylation is 1. The maximum atomic E-state index is 13.0. The van der Waals surface area contributed by atoms with E-state index in [0.29, 0.717) is 22.1 Å². The molecule has 1 N–H and O–H groups in total. The van der Waals surface area contributed by atoms with Crippen LogP contribution in [0.2, 0.25) is 5.15 Å². The van der Waals surface area contributed by atoms with Crippen LogP contribution in [0.15, 0.2) is 24.3 Å². The largest absolute Gasteiger partial charge is 0.391 e. The molecule has 0 aliphatic heterocycles. The van der Waals surface area contributed by atoms with Gasteiger partial charge in [0.15, 0.2) is 0 Å². The van der Waals surface area contributed by atoms with Crippen molar-refractivity contribution in [2.75, 3.05) is 0 Å². The normalized spacial score (nSPS) is 10.8. The number of rotatable bonds is 2. The highest BCUT2D eigenvalue weighted by atomic mass is 35.5. The second kappa shape index (κ2) is 4.23. The van der Waals surface area contributed by atoms with Crippen molar-refractivity contribution in [1.82, 2.24) is 9.78 Å². The van der Waals surface area contributed by atoms with Gasteiger partial charge in [-0.15, -0.1) is 0 Å². The van der Waals surface area contributed by atoms with E-state index in [0.717, 1.165) is 0 Å². The van der Waals surface area contributed by atoms with Crippen molar-refractivity contribution in [3.63, 3.8) is 0 Å². The third-order valence-corrected chi connectivity index (χ3v) is 2.72. The Morgan fingerprint density at radius 1 is 1.50 bits per heavy atom. The van der Waals surface area contributed by atoms with Crippen molar-refractivity contribution >= 4 is 11.6 Å². The Labute approximate surface area is 97.1 Å². The molecule has 0 radical (unpaired) electrons. The van der Waals surface area contributed by atoms with Gasteiger partial charge in [-0.25, -0.2) is 9.07 Å². The molecule has 0 bridgehead atoms. The average Bonchev–Trinajstić information content (AvgIpc) is 2.54. The van der Waals surface area contributed by atoms with Crippen LogP contribution in [0.3, 0.4) is 0 Å². The van der Waals surface area contributed by atoms with Gasteiger partial charge in [-0.2, -0.15) is 5.10 Å². The molecule has 0 atom stereocenters. The summed E-state index contributed by atoms with van der Waals surface area (Å²) >= 11 is 6.03. The van der Waals surface area contributed by atoms with Crippen LogP contribution in [0.5, 0.6) is 0 Å². The molecular weight excluding hydrogens is 231 g/mol. The monoisotopic (exact) mass is 240 g/mol. The third-order valence-electron chi connectivity index (χ3n) is 2.33. The zero-order valence-corrected chi connectivity index (χ0v) is 9.37. The van der Waals surface area contributed by atoms with E-state index in [1.54, 1.807) is 19.1 Å². The molecule has 0 amide bonds. The Hall–Kier alpha value is -1.39. The number of halogens is 2. The van der Waals surface area contributed by atoms with Crippen molar-refractivity contribution in [2.24, 2.45) is 0 Å². The Balaban J connectivity index is 2.56. The van der Waals surface area contributed by atoms with Crippen LogP contribution in [0.1, 0.15) is 11.3 Å². The van der Waals surface area contributed by atoms with Crippen LogP contribution >= 0.6 is 11.6 Å². The van der Waals surface area contributed by atoms with Gasteiger partial charge in [0, 0.05) is 5.56 Å². The summed E-state index contributed by atoms with van der Waals surface area (Å²) in [7, 11) is 0. The number of aliphatic hydroxyl groups is 1. The first-order chi connectivity index (χ1) is 7.63. The Kier molecular flexibility index (Phi) is 2.94. The van der Waals surface area contributed by atoms with Gasteiger partial charge in [-0.3, -0.25) is 0 Å². The first-order valence-electron chi connectivity index (χ1n) is 4.74. The van der Waals surface area contributed by atoms with E-state index in [9.17, 15) is 4.39 Å². The van der Waals surface area contributed by atoms with Gasteiger partial charge in [-0.05, 0) is 25.1 Å². The van der Waals surface area contributed by atoms with Crippen LogP contribution < -0.4 is 0 Å². The van der Waals surface area contributed by atoms with Crippen LogP contribution in [-0.2, 0) is 6.61 Å². The lowest BCUT2D eigenvalue weighted by Gasteiger charge is -2.02. The summed E-state index contributed by atoms with van der Waals surface area (Å²) in [5.41, 5.74) is 1.73. The van der Waals surface area contributed by atoms with Crippen molar-refractivity contribution in [3.05, 3.63) is 46.5 Å². The van der Waals surface area contributed by atoms with Crippen molar-refractivity contribution in [2.45, 2.75) is 13.5 Å². The maximum absolute atomic E-state index is 13.0. The van der Waals surface area contributed by atoms with Crippen molar-refractivity contribution in [3.8, 4) is 5.69 Å². The van der Waals surface area contributed by atoms with E-state index < -0.39 is 0 Å². The van der Waals surface area contributed by atoms with Gasteiger partial charge in [0.25, 0.3) is 0 Å². The minimum atomic E-state index is -0.354. The molecular formula is C11H10ClFN2O. The molecule has 0 aliphatic carbocycles. The van der Waals surface area contributed by atoms with Crippen LogP contribution in [-0.4, -0.2) is 14.9 Å². The van der Waals surface area contributed by atoms with Gasteiger partial charge in [0.2, 0.25) is 0 Å². The highest BCUT2D eigenvalue weighted by Gasteiger charge is 2.13. The lowest BCUT2D eigenvalue weighted by Crippen LogP contribution is -1.97.